The van der Waals surface area contributed by atoms with Crippen LogP contribution in [0.25, 0.3) is 0 Å². The Morgan fingerprint density at radius 1 is 1.38 bits per heavy atom. The number of hydrogen-bond acceptors (Lipinski definition) is 4. The fraction of sp³-hybridized carbons (Fsp3) is 0.235. The Labute approximate surface area is 143 Å². The average molecular weight is 346 g/mol. The van der Waals surface area contributed by atoms with E-state index in [4.69, 9.17) is 21.6 Å². The molecule has 0 bridgehead atoms. The van der Waals surface area contributed by atoms with Crippen LogP contribution in [0.2, 0.25) is 5.15 Å². The molecule has 1 aromatic carbocycles. The van der Waals surface area contributed by atoms with Crippen LogP contribution < -0.4 is 10.1 Å². The molecule has 1 amide bonds. The first kappa shape index (κ1) is 16.2. The minimum atomic E-state index is -1.05. The quantitative estimate of drug-likeness (QED) is 0.511. The van der Waals surface area contributed by atoms with Gasteiger partial charge in [0.05, 0.1) is 5.41 Å². The highest BCUT2D eigenvalue weighted by Gasteiger charge is 2.44. The summed E-state index contributed by atoms with van der Waals surface area (Å²) in [6.07, 6.45) is 1.64. The van der Waals surface area contributed by atoms with Gasteiger partial charge in [0.1, 0.15) is 5.15 Å². The Balaban J connectivity index is 2.24. The van der Waals surface area contributed by atoms with E-state index < -0.39 is 23.1 Å². The number of hydrogen-bond donors (Lipinski definition) is 1. The van der Waals surface area contributed by atoms with Crippen LogP contribution in [0, 0.1) is 22.7 Å². The molecular weight excluding hydrogens is 333 g/mol. The van der Waals surface area contributed by atoms with Crippen molar-refractivity contribution in [1.82, 2.24) is 10.3 Å². The van der Waals surface area contributed by atoms with Crippen molar-refractivity contribution < 1.29 is 13.9 Å². The molecular formula is C17H13ClFN3O2. The number of carbonyl (C=O) groups is 1. The number of benzene rings is 1. The zero-order chi connectivity index (χ0) is 17.5. The number of aromatic nitrogens is 1. The lowest BCUT2D eigenvalue weighted by Crippen LogP contribution is -2.40. The number of rotatable bonds is 2. The third kappa shape index (κ3) is 2.47. The van der Waals surface area contributed by atoms with Gasteiger partial charge in [-0.25, -0.2) is 9.37 Å². The third-order valence-corrected chi connectivity index (χ3v) is 4.36. The summed E-state index contributed by atoms with van der Waals surface area (Å²) in [6.45, 7) is 3.37. The van der Waals surface area contributed by atoms with Crippen molar-refractivity contribution in [1.29, 1.82) is 5.26 Å². The molecule has 0 spiro atoms. The first-order valence-corrected chi connectivity index (χ1v) is 7.56. The van der Waals surface area contributed by atoms with Gasteiger partial charge >= 0.3 is 0 Å². The Hall–Kier alpha value is -2.65. The number of pyridine rings is 1. The van der Waals surface area contributed by atoms with Gasteiger partial charge < -0.3 is 4.74 Å². The zero-order valence-electron chi connectivity index (χ0n) is 12.9. The molecule has 24 heavy (non-hydrogen) atoms. The molecule has 5 nitrogen and oxygen atoms in total. The Morgan fingerprint density at radius 2 is 2.12 bits per heavy atom. The number of para-hydroxylation sites is 1. The van der Waals surface area contributed by atoms with Crippen LogP contribution >= 0.6 is 11.6 Å². The van der Waals surface area contributed by atoms with E-state index in [1.165, 1.54) is 6.07 Å². The number of carbonyl (C=O) groups excluding carboxylic acids is 1. The number of halogens is 2. The molecule has 1 aliphatic rings. The van der Waals surface area contributed by atoms with E-state index >= 15 is 0 Å². The van der Waals surface area contributed by atoms with E-state index in [9.17, 15) is 9.18 Å². The number of nitrogens with zero attached hydrogens (tertiary/aromatic N) is 2. The van der Waals surface area contributed by atoms with Gasteiger partial charge in [-0.2, -0.15) is 5.26 Å². The van der Waals surface area contributed by atoms with Crippen molar-refractivity contribution in [2.45, 2.75) is 19.8 Å². The van der Waals surface area contributed by atoms with Crippen LogP contribution in [-0.2, 0) is 4.79 Å². The Kier molecular flexibility index (Phi) is 3.90. The summed E-state index contributed by atoms with van der Waals surface area (Å²) >= 11 is 5.91. The molecule has 2 heterocycles. The van der Waals surface area contributed by atoms with Gasteiger partial charge in [-0.05, 0) is 18.2 Å². The Bertz CT molecular complexity index is 877. The highest BCUT2D eigenvalue weighted by Crippen LogP contribution is 2.52. The van der Waals surface area contributed by atoms with E-state index in [2.05, 4.69) is 10.3 Å². The minimum absolute atomic E-state index is 0.0163. The summed E-state index contributed by atoms with van der Waals surface area (Å²) in [5.41, 5.74) is 0.0760. The minimum Gasteiger partial charge on any atom is -0.435 e. The van der Waals surface area contributed by atoms with Crippen LogP contribution in [0.15, 0.2) is 30.3 Å². The van der Waals surface area contributed by atoms with E-state index in [1.54, 1.807) is 44.3 Å². The SMILES string of the molecule is CC(C)(C(=O)NC#N)[C@@H]1c2ccc(Cl)nc2Oc2c(F)cccc21. The van der Waals surface area contributed by atoms with Gasteiger partial charge in [0.15, 0.2) is 17.8 Å². The fourth-order valence-electron chi connectivity index (χ4n) is 2.98. The van der Waals surface area contributed by atoms with Crippen molar-refractivity contribution in [2.24, 2.45) is 5.41 Å². The van der Waals surface area contributed by atoms with E-state index in [0.29, 0.717) is 11.1 Å². The van der Waals surface area contributed by atoms with Crippen LogP contribution in [0.1, 0.15) is 30.9 Å². The summed E-state index contributed by atoms with van der Waals surface area (Å²) in [6, 6.07) is 7.80. The number of nitrogens with one attached hydrogen (secondary N) is 1. The molecule has 7 heteroatoms. The first-order valence-electron chi connectivity index (χ1n) is 7.18. The lowest BCUT2D eigenvalue weighted by atomic mass is 9.70. The van der Waals surface area contributed by atoms with Gasteiger partial charge in [0, 0.05) is 17.0 Å². The maximum Gasteiger partial charge on any atom is 0.239 e. The smallest absolute Gasteiger partial charge is 0.239 e. The molecule has 1 atom stereocenters. The first-order chi connectivity index (χ1) is 11.4. The fourth-order valence-corrected chi connectivity index (χ4v) is 3.12. The molecule has 1 aliphatic heterocycles. The van der Waals surface area contributed by atoms with Gasteiger partial charge in [-0.1, -0.05) is 37.6 Å². The van der Waals surface area contributed by atoms with E-state index in [-0.39, 0.29) is 16.8 Å². The van der Waals surface area contributed by atoms with Crippen LogP contribution in [0.3, 0.4) is 0 Å². The highest BCUT2D eigenvalue weighted by atomic mass is 35.5. The van der Waals surface area contributed by atoms with Gasteiger partial charge in [-0.3, -0.25) is 10.1 Å². The predicted octanol–water partition coefficient (Wildman–Crippen LogP) is 3.74. The standard InChI is InChI=1S/C17H13ClFN3O2/c1-17(2,16(23)21-8-20)13-9-4-3-5-11(19)14(9)24-15-10(13)6-7-12(18)22-15/h3-7,13H,1-2H3,(H,21,23)/t13-/m0/s1. The molecule has 2 aromatic rings. The van der Waals surface area contributed by atoms with Crippen molar-refractivity contribution in [2.75, 3.05) is 0 Å². The summed E-state index contributed by atoms with van der Waals surface area (Å²) < 4.78 is 19.8. The lowest BCUT2D eigenvalue weighted by Gasteiger charge is -2.37. The molecule has 122 valence electrons. The molecule has 0 saturated heterocycles. The summed E-state index contributed by atoms with van der Waals surface area (Å²) in [7, 11) is 0. The zero-order valence-corrected chi connectivity index (χ0v) is 13.7. The highest BCUT2D eigenvalue weighted by molar-refractivity contribution is 6.29. The van der Waals surface area contributed by atoms with Crippen LogP contribution in [0.5, 0.6) is 11.6 Å². The second-order valence-corrected chi connectivity index (χ2v) is 6.40. The van der Waals surface area contributed by atoms with Crippen molar-refractivity contribution in [3.8, 4) is 17.8 Å². The Morgan fingerprint density at radius 3 is 2.83 bits per heavy atom. The van der Waals surface area contributed by atoms with E-state index in [1.807, 2.05) is 0 Å². The lowest BCUT2D eigenvalue weighted by molar-refractivity contribution is -0.128. The monoisotopic (exact) mass is 345 g/mol. The maximum atomic E-state index is 14.2. The molecule has 0 saturated carbocycles. The largest absolute Gasteiger partial charge is 0.435 e. The third-order valence-electron chi connectivity index (χ3n) is 4.15. The van der Waals surface area contributed by atoms with Crippen molar-refractivity contribution in [3.63, 3.8) is 0 Å². The second kappa shape index (κ2) is 5.77. The van der Waals surface area contributed by atoms with Gasteiger partial charge in [-0.15, -0.1) is 0 Å². The number of fused-ring (bicyclic) bond motifs is 2. The second-order valence-electron chi connectivity index (χ2n) is 6.01. The topological polar surface area (TPSA) is 75.0 Å². The van der Waals surface area contributed by atoms with Gasteiger partial charge in [0.2, 0.25) is 11.8 Å². The van der Waals surface area contributed by atoms with Crippen molar-refractivity contribution >= 4 is 17.5 Å². The number of ether oxygens (including phenoxy) is 1. The molecule has 0 radical (unpaired) electrons. The molecule has 1 aromatic heterocycles. The van der Waals surface area contributed by atoms with Crippen molar-refractivity contribution in [3.05, 3.63) is 52.4 Å². The maximum absolute atomic E-state index is 14.2. The van der Waals surface area contributed by atoms with Crippen LogP contribution in [0.4, 0.5) is 4.39 Å². The molecule has 1 N–H and O–H groups in total. The van der Waals surface area contributed by atoms with Crippen LogP contribution in [-0.4, -0.2) is 10.9 Å². The molecule has 0 fully saturated rings. The van der Waals surface area contributed by atoms with E-state index in [0.717, 1.165) is 0 Å². The van der Waals surface area contributed by atoms with Gasteiger partial charge in [0.25, 0.3) is 0 Å². The molecule has 3 rings (SSSR count). The predicted molar refractivity (Wildman–Crippen MR) is 85.1 cm³/mol. The number of amides is 1. The summed E-state index contributed by atoms with van der Waals surface area (Å²) in [5, 5.41) is 11.1. The summed E-state index contributed by atoms with van der Waals surface area (Å²) in [5.74, 6) is -1.41. The number of nitriles is 1. The summed E-state index contributed by atoms with van der Waals surface area (Å²) in [4.78, 5) is 16.5. The molecule has 0 aliphatic carbocycles. The molecule has 0 unspecified atom stereocenters. The normalized spacial score (nSPS) is 15.5. The average Bonchev–Trinajstić information content (AvgIpc) is 2.53.